The fourth-order valence-electron chi connectivity index (χ4n) is 7.53. The van der Waals surface area contributed by atoms with Gasteiger partial charge in [-0.3, -0.25) is 23.2 Å². The highest BCUT2D eigenvalue weighted by molar-refractivity contribution is 7.61. The number of esters is 2. The largest absolute Gasteiger partial charge is 0.481 e. The number of nitrogens with two attached hydrogens (primary N) is 1. The number of hydrogen-bond acceptors (Lipinski definition) is 15. The maximum absolute atomic E-state index is 12.9. The molecule has 1 aliphatic rings. The van der Waals surface area contributed by atoms with Gasteiger partial charge in [-0.2, -0.15) is 9.29 Å². The second-order valence-corrected chi connectivity index (χ2v) is 21.0. The number of phosphoric acid groups is 2. The average Bonchev–Trinajstić information content (AvgIpc) is 3.62. The Bertz CT molecular complexity index is 1940. The molecule has 1 aliphatic heterocycles. The predicted octanol–water partition coefficient (Wildman–Crippen LogP) is 11.1. The zero-order valence-electron chi connectivity index (χ0n) is 43.0. The minimum Gasteiger partial charge on any atom is -0.462 e. The number of carbonyl (C=O) groups excluding carboxylic acids is 2. The number of carbonyl (C=O) groups is 2. The highest BCUT2D eigenvalue weighted by Gasteiger charge is 2.46. The summed E-state index contributed by atoms with van der Waals surface area (Å²) in [5, 5.41) is 20.9. The normalized spacial score (nSPS) is 19.5. The van der Waals surface area contributed by atoms with Crippen molar-refractivity contribution >= 4 is 33.4 Å². The first kappa shape index (κ1) is 64.6. The van der Waals surface area contributed by atoms with Gasteiger partial charge < -0.3 is 39.9 Å². The van der Waals surface area contributed by atoms with Gasteiger partial charge >= 0.3 is 33.3 Å². The second kappa shape index (κ2) is 39.9. The third kappa shape index (κ3) is 31.9. The maximum Gasteiger partial charge on any atom is 0.481 e. The monoisotopic (exact) mass is 1060 g/mol. The van der Waals surface area contributed by atoms with Crippen molar-refractivity contribution in [2.24, 2.45) is 0 Å². The zero-order chi connectivity index (χ0) is 52.7. The van der Waals surface area contributed by atoms with Crippen molar-refractivity contribution in [2.75, 3.05) is 25.6 Å². The van der Waals surface area contributed by atoms with E-state index >= 15 is 0 Å². The highest BCUT2D eigenvalue weighted by Crippen LogP contribution is 2.60. The molecule has 6 N–H and O–H groups in total. The Morgan fingerprint density at radius 3 is 1.72 bits per heavy atom. The molecule has 20 heteroatoms. The molecule has 2 heterocycles. The number of aliphatic hydroxyl groups is 2. The lowest BCUT2D eigenvalue weighted by molar-refractivity contribution is -0.161. The molecular weight excluding hydrogens is 969 g/mol. The number of nitrogen functional groups attached to an aromatic ring is 1. The Kier molecular flexibility index (Phi) is 35.7. The molecule has 0 aromatic carbocycles. The SMILES string of the molecule is CC/C=C\C/C=C\C/C=C\C/C=C\CCCCCCC(=O)OC[C@H](COP(=O)(O)OP(=O)(O)OC[C@H]1O[C@@H](n2ccc(N)nc2=O)C(O)[C@H]1O)OC(=O)CCCCCCCCC/C=C\CCCCCCCC. The van der Waals surface area contributed by atoms with E-state index in [9.17, 15) is 43.5 Å². The van der Waals surface area contributed by atoms with Gasteiger partial charge in [0.1, 0.15) is 30.7 Å². The average molecular weight is 1060 g/mol. The van der Waals surface area contributed by atoms with Crippen LogP contribution in [0.3, 0.4) is 0 Å². The molecule has 18 nitrogen and oxygen atoms in total. The number of unbranched alkanes of at least 4 members (excludes halogenated alkanes) is 17. The summed E-state index contributed by atoms with van der Waals surface area (Å²) in [6.45, 7) is 2.02. The number of phosphoric ester groups is 2. The number of allylic oxidation sites excluding steroid dienone is 10. The van der Waals surface area contributed by atoms with Crippen LogP contribution in [0.15, 0.2) is 77.8 Å². The lowest BCUT2D eigenvalue weighted by Crippen LogP contribution is -2.36. The van der Waals surface area contributed by atoms with Gasteiger partial charge in [0.25, 0.3) is 0 Å². The summed E-state index contributed by atoms with van der Waals surface area (Å²) < 4.78 is 56.8. The van der Waals surface area contributed by atoms with Gasteiger partial charge in [-0.05, 0) is 83.1 Å². The molecular formula is C52H87N3O15P2. The number of ether oxygens (including phenoxy) is 3. The maximum atomic E-state index is 12.9. The fourth-order valence-corrected chi connectivity index (χ4v) is 9.64. The molecule has 72 heavy (non-hydrogen) atoms. The van der Waals surface area contributed by atoms with Gasteiger partial charge in [0, 0.05) is 19.0 Å². The molecule has 2 rings (SSSR count). The van der Waals surface area contributed by atoms with Crippen LogP contribution in [-0.2, 0) is 46.3 Å². The van der Waals surface area contributed by atoms with E-state index in [0.29, 0.717) is 12.8 Å². The third-order valence-corrected chi connectivity index (χ3v) is 14.2. The van der Waals surface area contributed by atoms with E-state index < -0.39 is 83.7 Å². The van der Waals surface area contributed by atoms with Crippen LogP contribution >= 0.6 is 15.6 Å². The quantitative estimate of drug-likeness (QED) is 0.0176. The number of aromatic nitrogens is 2. The first-order chi connectivity index (χ1) is 34.7. The fraction of sp³-hybridized carbons (Fsp3) is 0.692. The lowest BCUT2D eigenvalue weighted by atomic mass is 10.1. The number of rotatable bonds is 43. The van der Waals surface area contributed by atoms with Gasteiger partial charge in [-0.15, -0.1) is 0 Å². The summed E-state index contributed by atoms with van der Waals surface area (Å²) in [7, 11) is -10.9. The van der Waals surface area contributed by atoms with Gasteiger partial charge in [-0.1, -0.05) is 152 Å². The van der Waals surface area contributed by atoms with E-state index in [0.717, 1.165) is 113 Å². The molecule has 410 valence electrons. The van der Waals surface area contributed by atoms with Crippen molar-refractivity contribution in [1.82, 2.24) is 9.55 Å². The van der Waals surface area contributed by atoms with Crippen LogP contribution in [0.1, 0.15) is 187 Å². The van der Waals surface area contributed by atoms with Crippen LogP contribution in [0.2, 0.25) is 0 Å². The van der Waals surface area contributed by atoms with Crippen LogP contribution < -0.4 is 11.4 Å². The summed E-state index contributed by atoms with van der Waals surface area (Å²) in [5.74, 6) is -1.33. The molecule has 1 aromatic rings. The van der Waals surface area contributed by atoms with Gasteiger partial charge in [0.15, 0.2) is 12.3 Å². The smallest absolute Gasteiger partial charge is 0.462 e. The van der Waals surface area contributed by atoms with Crippen molar-refractivity contribution in [2.45, 2.75) is 211 Å². The summed E-state index contributed by atoms with van der Waals surface area (Å²) in [6.07, 6.45) is 40.0. The summed E-state index contributed by atoms with van der Waals surface area (Å²) >= 11 is 0. The molecule has 1 fully saturated rings. The van der Waals surface area contributed by atoms with E-state index in [2.05, 4.69) is 83.9 Å². The Morgan fingerprint density at radius 2 is 1.17 bits per heavy atom. The van der Waals surface area contributed by atoms with Gasteiger partial charge in [0.2, 0.25) is 0 Å². The van der Waals surface area contributed by atoms with Crippen LogP contribution in [0.4, 0.5) is 5.82 Å². The summed E-state index contributed by atoms with van der Waals surface area (Å²) in [5.41, 5.74) is 4.59. The number of anilines is 1. The van der Waals surface area contributed by atoms with E-state index in [1.165, 1.54) is 44.6 Å². The lowest BCUT2D eigenvalue weighted by Gasteiger charge is -2.21. The van der Waals surface area contributed by atoms with Crippen molar-refractivity contribution in [3.63, 3.8) is 0 Å². The Hall–Kier alpha value is -3.54. The van der Waals surface area contributed by atoms with Crippen LogP contribution in [0.5, 0.6) is 0 Å². The molecule has 0 aliphatic carbocycles. The van der Waals surface area contributed by atoms with Crippen LogP contribution in [-0.4, -0.2) is 85.7 Å². The first-order valence-electron chi connectivity index (χ1n) is 26.3. The van der Waals surface area contributed by atoms with Crippen LogP contribution in [0, 0.1) is 0 Å². The van der Waals surface area contributed by atoms with Crippen LogP contribution in [0.25, 0.3) is 0 Å². The molecule has 0 bridgehead atoms. The molecule has 1 aromatic heterocycles. The van der Waals surface area contributed by atoms with Gasteiger partial charge in [-0.25, -0.2) is 13.9 Å². The van der Waals surface area contributed by atoms with Crippen molar-refractivity contribution in [3.05, 3.63) is 83.5 Å². The van der Waals surface area contributed by atoms with Gasteiger partial charge in [0.05, 0.1) is 13.2 Å². The Balaban J connectivity index is 1.80. The highest BCUT2D eigenvalue weighted by atomic mass is 31.3. The third-order valence-electron chi connectivity index (χ3n) is 11.6. The molecule has 0 radical (unpaired) electrons. The van der Waals surface area contributed by atoms with Crippen molar-refractivity contribution in [3.8, 4) is 0 Å². The number of hydrogen-bond donors (Lipinski definition) is 5. The molecule has 0 amide bonds. The first-order valence-corrected chi connectivity index (χ1v) is 29.3. The van der Waals surface area contributed by atoms with Crippen molar-refractivity contribution in [1.29, 1.82) is 0 Å². The Morgan fingerprint density at radius 1 is 0.681 bits per heavy atom. The molecule has 7 atom stereocenters. The molecule has 0 saturated carbocycles. The van der Waals surface area contributed by atoms with E-state index in [1.807, 2.05) is 0 Å². The molecule has 3 unspecified atom stereocenters. The summed E-state index contributed by atoms with van der Waals surface area (Å²) in [4.78, 5) is 62.0. The standard InChI is InChI=1S/C52H87N3O15P2/c1-3-5-7-9-11-13-15-17-19-21-23-25-27-29-31-33-35-37-47(56)65-41-44(68-48(57)38-36-34-32-30-28-26-24-22-20-18-16-14-12-10-8-6-4-2)42-66-71(61,62)70-72(63,64)67-43-45-49(58)50(59)51(69-45)55-40-39-46(53)54-52(55)60/h5,7,11,13,17-20,23,25,39-40,44-45,49-51,58-59H,3-4,6,8-10,12,14-16,21-22,24,26-38,41-43H2,1-2H3,(H,61,62)(H,63,64)(H2,53,54,60)/b7-5-,13-11-,19-17-,20-18-,25-23-/t44-,45-,49+,50?,51-/m1/s1. The minimum atomic E-state index is -5.43. The second-order valence-electron chi connectivity index (χ2n) is 18.0. The predicted molar refractivity (Wildman–Crippen MR) is 279 cm³/mol. The minimum absolute atomic E-state index is 0.0375. The molecule has 0 spiro atoms. The summed E-state index contributed by atoms with van der Waals surface area (Å²) in [6, 6.07) is 1.25. The molecule has 1 saturated heterocycles. The van der Waals surface area contributed by atoms with E-state index in [-0.39, 0.29) is 18.7 Å². The van der Waals surface area contributed by atoms with E-state index in [4.69, 9.17) is 29.0 Å². The number of aliphatic hydroxyl groups excluding tert-OH is 2. The van der Waals surface area contributed by atoms with E-state index in [1.54, 1.807) is 0 Å². The number of nitrogens with zero attached hydrogens (tertiary/aromatic N) is 2. The Labute approximate surface area is 428 Å². The topological polar surface area (TPSA) is 265 Å². The zero-order valence-corrected chi connectivity index (χ0v) is 44.8. The van der Waals surface area contributed by atoms with Crippen molar-refractivity contribution < 1.29 is 66.3 Å².